The van der Waals surface area contributed by atoms with Crippen LogP contribution >= 0.6 is 35.3 Å². The Morgan fingerprint density at radius 3 is 2.71 bits per heavy atom. The molecule has 1 amide bonds. The van der Waals surface area contributed by atoms with E-state index in [4.69, 9.17) is 4.74 Å². The summed E-state index contributed by atoms with van der Waals surface area (Å²) in [5.74, 6) is 4.13. The number of hydrogen-bond donors (Lipinski definition) is 1. The van der Waals surface area contributed by atoms with Gasteiger partial charge in [-0.3, -0.25) is 9.36 Å². The number of amides is 1. The lowest BCUT2D eigenvalue weighted by Gasteiger charge is -2.21. The first-order valence-corrected chi connectivity index (χ1v) is 13.0. The maximum absolute atomic E-state index is 12.6. The number of thioether (sulfide) groups is 3. The van der Waals surface area contributed by atoms with Gasteiger partial charge in [-0.15, -0.1) is 33.7 Å². The van der Waals surface area contributed by atoms with Gasteiger partial charge in [0.05, 0.1) is 17.4 Å². The molecule has 0 saturated carbocycles. The van der Waals surface area contributed by atoms with Crippen molar-refractivity contribution in [2.75, 3.05) is 29.7 Å². The van der Waals surface area contributed by atoms with Crippen LogP contribution in [0.4, 0.5) is 5.69 Å². The van der Waals surface area contributed by atoms with Gasteiger partial charge in [-0.25, -0.2) is 0 Å². The number of aryl methyl sites for hydroxylation is 1. The molecule has 2 heterocycles. The van der Waals surface area contributed by atoms with Crippen LogP contribution in [0.25, 0.3) is 5.69 Å². The maximum atomic E-state index is 12.6. The molecule has 162 valence electrons. The molecule has 0 radical (unpaired) electrons. The monoisotopic (exact) mass is 472 g/mol. The Kier molecular flexibility index (Phi) is 7.47. The minimum atomic E-state index is -0.0620. The van der Waals surface area contributed by atoms with E-state index in [-0.39, 0.29) is 11.7 Å². The van der Waals surface area contributed by atoms with E-state index in [1.54, 1.807) is 7.11 Å². The summed E-state index contributed by atoms with van der Waals surface area (Å²) in [4.78, 5) is 12.6. The average molecular weight is 473 g/mol. The van der Waals surface area contributed by atoms with Gasteiger partial charge in [0, 0.05) is 11.4 Å². The van der Waals surface area contributed by atoms with Crippen LogP contribution in [0.3, 0.4) is 0 Å². The Balaban J connectivity index is 1.39. The molecule has 9 heteroatoms. The summed E-state index contributed by atoms with van der Waals surface area (Å²) in [7, 11) is 1.64. The molecule has 4 rings (SSSR count). The van der Waals surface area contributed by atoms with E-state index in [1.165, 1.54) is 35.3 Å². The Morgan fingerprint density at radius 2 is 1.97 bits per heavy atom. The van der Waals surface area contributed by atoms with Gasteiger partial charge in [-0.2, -0.15) is 0 Å². The zero-order chi connectivity index (χ0) is 21.6. The van der Waals surface area contributed by atoms with Crippen molar-refractivity contribution in [3.05, 3.63) is 59.9 Å². The van der Waals surface area contributed by atoms with Crippen molar-refractivity contribution in [3.63, 3.8) is 0 Å². The number of carbonyl (C=O) groups is 1. The van der Waals surface area contributed by atoms with Crippen molar-refractivity contribution in [2.24, 2.45) is 0 Å². The lowest BCUT2D eigenvalue weighted by atomic mass is 10.2. The molecule has 1 aliphatic rings. The van der Waals surface area contributed by atoms with Crippen molar-refractivity contribution in [3.8, 4) is 11.4 Å². The molecule has 1 saturated heterocycles. The van der Waals surface area contributed by atoms with Gasteiger partial charge in [-0.1, -0.05) is 23.9 Å². The second kappa shape index (κ2) is 10.5. The number of nitrogens with one attached hydrogen (secondary N) is 1. The lowest BCUT2D eigenvalue weighted by Crippen LogP contribution is -2.15. The van der Waals surface area contributed by atoms with Crippen LogP contribution in [-0.2, 0) is 4.79 Å². The van der Waals surface area contributed by atoms with Crippen molar-refractivity contribution in [1.29, 1.82) is 0 Å². The van der Waals surface area contributed by atoms with E-state index in [0.29, 0.717) is 9.74 Å². The Hall–Kier alpha value is -2.10. The fourth-order valence-corrected chi connectivity index (χ4v) is 6.91. The van der Waals surface area contributed by atoms with Gasteiger partial charge >= 0.3 is 0 Å². The smallest absolute Gasteiger partial charge is 0.234 e. The Morgan fingerprint density at radius 1 is 1.19 bits per heavy atom. The van der Waals surface area contributed by atoms with Crippen molar-refractivity contribution in [1.82, 2.24) is 14.8 Å². The second-order valence-corrected chi connectivity index (χ2v) is 10.6. The molecular formula is C22H24N4O2S3. The second-order valence-electron chi connectivity index (χ2n) is 6.95. The number of rotatable bonds is 7. The Labute approximate surface area is 194 Å². The minimum Gasteiger partial charge on any atom is -0.497 e. The molecule has 1 N–H and O–H groups in total. The van der Waals surface area contributed by atoms with Gasteiger partial charge in [0.25, 0.3) is 0 Å². The summed E-state index contributed by atoms with van der Waals surface area (Å²) >= 11 is 5.32. The highest BCUT2D eigenvalue weighted by Gasteiger charge is 2.17. The van der Waals surface area contributed by atoms with E-state index in [2.05, 4.69) is 27.6 Å². The van der Waals surface area contributed by atoms with Gasteiger partial charge in [-0.05, 0) is 66.8 Å². The summed E-state index contributed by atoms with van der Waals surface area (Å²) in [6, 6.07) is 15.9. The molecule has 1 aliphatic heterocycles. The summed E-state index contributed by atoms with van der Waals surface area (Å²) in [5.41, 5.74) is 3.03. The van der Waals surface area contributed by atoms with Crippen molar-refractivity contribution >= 4 is 46.9 Å². The van der Waals surface area contributed by atoms with E-state index in [1.807, 2.05) is 71.4 Å². The standard InChI is InChI=1S/C22H24N4O2S3/c1-15-24-25-22(26(15)18-7-9-19(28-2)10-8-18)31-14-20(27)23-17-6-3-5-16(13-17)21-29-11-4-12-30-21/h3,5-10,13,21H,4,11-12,14H2,1-2H3,(H,23,27). The predicted molar refractivity (Wildman–Crippen MR) is 131 cm³/mol. The van der Waals surface area contributed by atoms with Crippen molar-refractivity contribution < 1.29 is 9.53 Å². The van der Waals surface area contributed by atoms with E-state index in [9.17, 15) is 4.79 Å². The highest BCUT2D eigenvalue weighted by atomic mass is 32.2. The van der Waals surface area contributed by atoms with Gasteiger partial charge < -0.3 is 10.1 Å². The highest BCUT2D eigenvalue weighted by Crippen LogP contribution is 2.44. The largest absolute Gasteiger partial charge is 0.497 e. The topological polar surface area (TPSA) is 69.0 Å². The van der Waals surface area contributed by atoms with E-state index in [0.717, 1.165) is 22.9 Å². The minimum absolute atomic E-state index is 0.0620. The first kappa shape index (κ1) is 22.1. The molecule has 0 bridgehead atoms. The van der Waals surface area contributed by atoms with E-state index >= 15 is 0 Å². The fourth-order valence-electron chi connectivity index (χ4n) is 3.24. The number of methoxy groups -OCH3 is 1. The molecule has 2 aromatic carbocycles. The summed E-state index contributed by atoms with van der Waals surface area (Å²) < 4.78 is 7.62. The number of ether oxygens (including phenoxy) is 1. The molecule has 1 fully saturated rings. The number of benzene rings is 2. The SMILES string of the molecule is COc1ccc(-n2c(C)nnc2SCC(=O)Nc2cccc(C3SCCCS3)c2)cc1. The highest BCUT2D eigenvalue weighted by molar-refractivity contribution is 8.16. The first-order chi connectivity index (χ1) is 15.1. The van der Waals surface area contributed by atoms with Crippen LogP contribution in [0.15, 0.2) is 53.7 Å². The van der Waals surface area contributed by atoms with Crippen LogP contribution in [-0.4, -0.2) is 45.0 Å². The molecule has 1 aromatic heterocycles. The van der Waals surface area contributed by atoms with Crippen LogP contribution in [0.5, 0.6) is 5.75 Å². The van der Waals surface area contributed by atoms with Crippen LogP contribution in [0, 0.1) is 6.92 Å². The number of aromatic nitrogens is 3. The molecule has 31 heavy (non-hydrogen) atoms. The number of hydrogen-bond acceptors (Lipinski definition) is 7. The summed E-state index contributed by atoms with van der Waals surface area (Å²) in [6.45, 7) is 1.90. The molecule has 0 unspecified atom stereocenters. The molecule has 0 aliphatic carbocycles. The molecule has 0 atom stereocenters. The Bertz CT molecular complexity index is 1030. The maximum Gasteiger partial charge on any atom is 0.234 e. The van der Waals surface area contributed by atoms with Gasteiger partial charge in [0.1, 0.15) is 11.6 Å². The quantitative estimate of drug-likeness (QED) is 0.475. The lowest BCUT2D eigenvalue weighted by molar-refractivity contribution is -0.113. The average Bonchev–Trinajstić information content (AvgIpc) is 3.19. The third-order valence-corrected chi connectivity index (χ3v) is 8.67. The van der Waals surface area contributed by atoms with Gasteiger partial charge in [0.2, 0.25) is 5.91 Å². The van der Waals surface area contributed by atoms with Crippen LogP contribution in [0.2, 0.25) is 0 Å². The zero-order valence-corrected chi connectivity index (χ0v) is 19.9. The predicted octanol–water partition coefficient (Wildman–Crippen LogP) is 5.18. The number of nitrogens with zero attached hydrogens (tertiary/aromatic N) is 3. The van der Waals surface area contributed by atoms with Crippen molar-refractivity contribution in [2.45, 2.75) is 23.1 Å². The third kappa shape index (κ3) is 5.58. The molecule has 6 nitrogen and oxygen atoms in total. The molecular weight excluding hydrogens is 448 g/mol. The summed E-state index contributed by atoms with van der Waals surface area (Å²) in [5, 5.41) is 12.1. The van der Waals surface area contributed by atoms with Gasteiger partial charge in [0.15, 0.2) is 5.16 Å². The molecule has 0 spiro atoms. The molecule has 3 aromatic rings. The zero-order valence-electron chi connectivity index (χ0n) is 17.4. The van der Waals surface area contributed by atoms with Crippen LogP contribution < -0.4 is 10.1 Å². The fraction of sp³-hybridized carbons (Fsp3) is 0.318. The normalized spacial score (nSPS) is 14.4. The van der Waals surface area contributed by atoms with Crippen LogP contribution in [0.1, 0.15) is 22.4 Å². The van der Waals surface area contributed by atoms with E-state index < -0.39 is 0 Å². The number of carbonyl (C=O) groups excluding carboxylic acids is 1. The number of anilines is 1. The third-order valence-electron chi connectivity index (χ3n) is 4.73. The summed E-state index contributed by atoms with van der Waals surface area (Å²) in [6.07, 6.45) is 1.26. The first-order valence-electron chi connectivity index (χ1n) is 9.96.